The summed E-state index contributed by atoms with van der Waals surface area (Å²) in [5, 5.41) is 14.2. The van der Waals surface area contributed by atoms with E-state index in [0.717, 1.165) is 40.9 Å². The standard InChI is InChI=1S/C23H28N4O3/c1-23(2,3)30-22(29)26-9-6-7-17(14-26)19-11-16(15-28)12-20(25-19)18-13-24-27-10-5-4-8-21(18)27/h4-5,8,10-13,17,28H,6-7,9,14-15H2,1-3H3. The maximum Gasteiger partial charge on any atom is 0.410 e. The molecule has 1 fully saturated rings. The molecule has 158 valence electrons. The molecule has 1 N–H and O–H groups in total. The van der Waals surface area contributed by atoms with Gasteiger partial charge in [-0.1, -0.05) is 6.07 Å². The Morgan fingerprint density at radius 3 is 2.90 bits per heavy atom. The van der Waals surface area contributed by atoms with E-state index in [9.17, 15) is 9.90 Å². The van der Waals surface area contributed by atoms with Crippen molar-refractivity contribution in [1.82, 2.24) is 19.5 Å². The summed E-state index contributed by atoms with van der Waals surface area (Å²) in [5.74, 6) is 0.0957. The van der Waals surface area contributed by atoms with E-state index in [2.05, 4.69) is 5.10 Å². The van der Waals surface area contributed by atoms with Crippen LogP contribution in [0.4, 0.5) is 4.79 Å². The Kier molecular flexibility index (Phi) is 5.47. The van der Waals surface area contributed by atoms with Gasteiger partial charge in [-0.15, -0.1) is 0 Å². The van der Waals surface area contributed by atoms with Crippen molar-refractivity contribution in [1.29, 1.82) is 0 Å². The summed E-state index contributed by atoms with van der Waals surface area (Å²) in [6.07, 6.45) is 5.25. The molecule has 4 heterocycles. The van der Waals surface area contributed by atoms with E-state index in [1.807, 2.05) is 61.8 Å². The molecule has 1 saturated heterocycles. The minimum absolute atomic E-state index is 0.0652. The lowest BCUT2D eigenvalue weighted by Crippen LogP contribution is -2.42. The van der Waals surface area contributed by atoms with Crippen molar-refractivity contribution >= 4 is 11.6 Å². The fraction of sp³-hybridized carbons (Fsp3) is 0.435. The highest BCUT2D eigenvalue weighted by molar-refractivity contribution is 5.78. The first kappa shape index (κ1) is 20.3. The van der Waals surface area contributed by atoms with Gasteiger partial charge in [0.2, 0.25) is 0 Å². The SMILES string of the molecule is CC(C)(C)OC(=O)N1CCCC(c2cc(CO)cc(-c3cnn4ccccc34)n2)C1. The van der Waals surface area contributed by atoms with Crippen molar-refractivity contribution < 1.29 is 14.6 Å². The number of aromatic nitrogens is 3. The molecule has 30 heavy (non-hydrogen) atoms. The number of carbonyl (C=O) groups excluding carboxylic acids is 1. The summed E-state index contributed by atoms with van der Waals surface area (Å²) in [6, 6.07) is 9.75. The summed E-state index contributed by atoms with van der Waals surface area (Å²) in [7, 11) is 0. The summed E-state index contributed by atoms with van der Waals surface area (Å²) >= 11 is 0. The quantitative estimate of drug-likeness (QED) is 0.708. The van der Waals surface area contributed by atoms with E-state index in [1.165, 1.54) is 0 Å². The number of rotatable bonds is 3. The topological polar surface area (TPSA) is 80.0 Å². The minimum Gasteiger partial charge on any atom is -0.444 e. The molecule has 4 rings (SSSR count). The Balaban J connectivity index is 1.64. The van der Waals surface area contributed by atoms with Gasteiger partial charge in [0.15, 0.2) is 0 Å². The maximum absolute atomic E-state index is 12.5. The number of hydrogen-bond donors (Lipinski definition) is 1. The Bertz CT molecular complexity index is 1050. The lowest BCUT2D eigenvalue weighted by atomic mass is 9.93. The number of likely N-dealkylation sites (tertiary alicyclic amines) is 1. The van der Waals surface area contributed by atoms with E-state index in [4.69, 9.17) is 9.72 Å². The molecular weight excluding hydrogens is 380 g/mol. The van der Waals surface area contributed by atoms with Crippen molar-refractivity contribution in [2.75, 3.05) is 13.1 Å². The number of ether oxygens (including phenoxy) is 1. The highest BCUT2D eigenvalue weighted by atomic mass is 16.6. The molecule has 7 nitrogen and oxygen atoms in total. The number of carbonyl (C=O) groups is 1. The van der Waals surface area contributed by atoms with Crippen LogP contribution in [0.1, 0.15) is 50.8 Å². The molecule has 3 aromatic rings. The molecular formula is C23H28N4O3. The van der Waals surface area contributed by atoms with Gasteiger partial charge in [0, 0.05) is 36.5 Å². The Labute approximate surface area is 176 Å². The van der Waals surface area contributed by atoms with Crippen LogP contribution in [-0.2, 0) is 11.3 Å². The number of piperidine rings is 1. The lowest BCUT2D eigenvalue weighted by molar-refractivity contribution is 0.0197. The van der Waals surface area contributed by atoms with Gasteiger partial charge in [-0.2, -0.15) is 5.10 Å². The van der Waals surface area contributed by atoms with Crippen molar-refractivity contribution in [2.45, 2.75) is 51.7 Å². The van der Waals surface area contributed by atoms with Gasteiger partial charge in [-0.3, -0.25) is 4.98 Å². The van der Waals surface area contributed by atoms with Gasteiger partial charge in [0.05, 0.1) is 24.0 Å². The van der Waals surface area contributed by atoms with Crippen LogP contribution in [0.25, 0.3) is 16.8 Å². The Morgan fingerprint density at radius 2 is 2.13 bits per heavy atom. The van der Waals surface area contributed by atoms with Crippen LogP contribution in [0.5, 0.6) is 0 Å². The van der Waals surface area contributed by atoms with E-state index < -0.39 is 5.60 Å². The molecule has 0 bridgehead atoms. The first-order chi connectivity index (χ1) is 14.3. The Morgan fingerprint density at radius 1 is 1.30 bits per heavy atom. The number of nitrogens with zero attached hydrogens (tertiary/aromatic N) is 4. The summed E-state index contributed by atoms with van der Waals surface area (Å²) in [4.78, 5) is 19.2. The molecule has 3 aromatic heterocycles. The van der Waals surface area contributed by atoms with Gasteiger partial charge < -0.3 is 14.7 Å². The molecule has 0 aliphatic carbocycles. The first-order valence-electron chi connectivity index (χ1n) is 10.4. The normalized spacial score (nSPS) is 17.3. The molecule has 0 aromatic carbocycles. The molecule has 0 saturated carbocycles. The zero-order chi connectivity index (χ0) is 21.3. The number of aliphatic hydroxyl groups excluding tert-OH is 1. The predicted molar refractivity (Wildman–Crippen MR) is 114 cm³/mol. The van der Waals surface area contributed by atoms with Crippen molar-refractivity contribution in [3.63, 3.8) is 0 Å². The van der Waals surface area contributed by atoms with Crippen LogP contribution in [0.15, 0.2) is 42.7 Å². The monoisotopic (exact) mass is 408 g/mol. The highest BCUT2D eigenvalue weighted by Crippen LogP contribution is 2.31. The smallest absolute Gasteiger partial charge is 0.410 e. The largest absolute Gasteiger partial charge is 0.444 e. The fourth-order valence-electron chi connectivity index (χ4n) is 3.89. The predicted octanol–water partition coefficient (Wildman–Crippen LogP) is 4.00. The number of fused-ring (bicyclic) bond motifs is 1. The Hall–Kier alpha value is -2.93. The van der Waals surface area contributed by atoms with Crippen molar-refractivity contribution in [2.24, 2.45) is 0 Å². The zero-order valence-corrected chi connectivity index (χ0v) is 17.7. The summed E-state index contributed by atoms with van der Waals surface area (Å²) in [5.41, 5.74) is 3.85. The fourth-order valence-corrected chi connectivity index (χ4v) is 3.89. The number of hydrogen-bond acceptors (Lipinski definition) is 5. The second-order valence-corrected chi connectivity index (χ2v) is 8.80. The van der Waals surface area contributed by atoms with Crippen LogP contribution in [0.2, 0.25) is 0 Å². The molecule has 0 spiro atoms. The van der Waals surface area contributed by atoms with Crippen LogP contribution >= 0.6 is 0 Å². The zero-order valence-electron chi connectivity index (χ0n) is 17.7. The van der Waals surface area contributed by atoms with E-state index in [0.29, 0.717) is 13.1 Å². The minimum atomic E-state index is -0.518. The second-order valence-electron chi connectivity index (χ2n) is 8.80. The maximum atomic E-state index is 12.5. The molecule has 1 atom stereocenters. The first-order valence-corrected chi connectivity index (χ1v) is 10.4. The van der Waals surface area contributed by atoms with Crippen LogP contribution in [0, 0.1) is 0 Å². The van der Waals surface area contributed by atoms with Gasteiger partial charge in [-0.05, 0) is 63.4 Å². The van der Waals surface area contributed by atoms with E-state index in [1.54, 1.807) is 11.1 Å². The van der Waals surface area contributed by atoms with Crippen LogP contribution in [-0.4, -0.2) is 49.4 Å². The molecule has 0 radical (unpaired) electrons. The third-order valence-electron chi connectivity index (χ3n) is 5.28. The molecule has 1 amide bonds. The third-order valence-corrected chi connectivity index (χ3v) is 5.28. The van der Waals surface area contributed by atoms with Gasteiger partial charge in [-0.25, -0.2) is 9.31 Å². The summed E-state index contributed by atoms with van der Waals surface area (Å²) in [6.45, 7) is 6.81. The molecule has 1 unspecified atom stereocenters. The molecule has 1 aliphatic rings. The van der Waals surface area contributed by atoms with Gasteiger partial charge >= 0.3 is 6.09 Å². The average molecular weight is 409 g/mol. The van der Waals surface area contributed by atoms with E-state index >= 15 is 0 Å². The van der Waals surface area contributed by atoms with Crippen molar-refractivity contribution in [3.05, 3.63) is 54.0 Å². The number of aliphatic hydroxyl groups is 1. The molecule has 7 heteroatoms. The summed E-state index contributed by atoms with van der Waals surface area (Å²) < 4.78 is 7.37. The highest BCUT2D eigenvalue weighted by Gasteiger charge is 2.29. The van der Waals surface area contributed by atoms with Gasteiger partial charge in [0.1, 0.15) is 5.60 Å². The number of amides is 1. The van der Waals surface area contributed by atoms with Crippen molar-refractivity contribution in [3.8, 4) is 11.3 Å². The average Bonchev–Trinajstić information content (AvgIpc) is 3.16. The third kappa shape index (κ3) is 4.31. The lowest BCUT2D eigenvalue weighted by Gasteiger charge is -2.34. The van der Waals surface area contributed by atoms with Crippen LogP contribution in [0.3, 0.4) is 0 Å². The second kappa shape index (κ2) is 8.07. The van der Waals surface area contributed by atoms with E-state index in [-0.39, 0.29) is 18.6 Å². The molecule has 1 aliphatic heterocycles. The van der Waals surface area contributed by atoms with Gasteiger partial charge in [0.25, 0.3) is 0 Å². The van der Waals surface area contributed by atoms with Crippen LogP contribution < -0.4 is 0 Å². The number of pyridine rings is 2.